The van der Waals surface area contributed by atoms with E-state index in [0.717, 1.165) is 17.7 Å². The molecule has 0 bridgehead atoms. The van der Waals surface area contributed by atoms with Gasteiger partial charge in [-0.1, -0.05) is 6.07 Å². The Balaban J connectivity index is 2.27. The van der Waals surface area contributed by atoms with Crippen LogP contribution in [-0.2, 0) is 12.6 Å². The van der Waals surface area contributed by atoms with Crippen molar-refractivity contribution in [2.45, 2.75) is 25.6 Å². The summed E-state index contributed by atoms with van der Waals surface area (Å²) in [6.07, 6.45) is -3.50. The second-order valence-electron chi connectivity index (χ2n) is 4.63. The Hall–Kier alpha value is -2.18. The largest absolute Gasteiger partial charge is 0.465 e. The number of hydrogen-bond donors (Lipinski definition) is 3. The zero-order chi connectivity index (χ0) is 14.9. The van der Waals surface area contributed by atoms with Crippen molar-refractivity contribution in [2.24, 2.45) is 0 Å². The average molecular weight is 286 g/mol. The third kappa shape index (κ3) is 3.04. The number of amides is 1. The smallest absolute Gasteiger partial charge is 0.416 e. The summed E-state index contributed by atoms with van der Waals surface area (Å²) in [5.41, 5.74) is 0.447. The van der Waals surface area contributed by atoms with E-state index < -0.39 is 17.8 Å². The monoisotopic (exact) mass is 286 g/mol. The SMILES string of the molecule is C[C@H](Cc1c[nH]c2cc(C(F)(F)F)ccc12)NC(=O)O. The second-order valence-corrected chi connectivity index (χ2v) is 4.63. The van der Waals surface area contributed by atoms with Crippen molar-refractivity contribution in [3.05, 3.63) is 35.5 Å². The summed E-state index contributed by atoms with van der Waals surface area (Å²) in [6, 6.07) is 3.15. The fourth-order valence-electron chi connectivity index (χ4n) is 2.12. The summed E-state index contributed by atoms with van der Waals surface area (Å²) in [6.45, 7) is 1.69. The minimum absolute atomic E-state index is 0.325. The van der Waals surface area contributed by atoms with Crippen LogP contribution in [0, 0.1) is 0 Å². The molecule has 1 atom stereocenters. The van der Waals surface area contributed by atoms with Crippen molar-refractivity contribution in [2.75, 3.05) is 0 Å². The third-order valence-corrected chi connectivity index (χ3v) is 2.99. The predicted octanol–water partition coefficient (Wildman–Crippen LogP) is 3.39. The number of halogens is 3. The van der Waals surface area contributed by atoms with E-state index in [0.29, 0.717) is 17.3 Å². The number of rotatable bonds is 3. The first-order valence-corrected chi connectivity index (χ1v) is 5.94. The molecule has 1 amide bonds. The second kappa shape index (κ2) is 5.07. The Labute approximate surface area is 112 Å². The Morgan fingerprint density at radius 1 is 1.45 bits per heavy atom. The first-order valence-electron chi connectivity index (χ1n) is 5.94. The molecule has 108 valence electrons. The lowest BCUT2D eigenvalue weighted by Crippen LogP contribution is -2.32. The first kappa shape index (κ1) is 14.2. The molecule has 1 heterocycles. The fourth-order valence-corrected chi connectivity index (χ4v) is 2.12. The number of carboxylic acid groups (broad SMARTS) is 1. The molecule has 1 aromatic carbocycles. The van der Waals surface area contributed by atoms with Gasteiger partial charge in [-0.25, -0.2) is 4.79 Å². The topological polar surface area (TPSA) is 65.1 Å². The number of carbonyl (C=O) groups is 1. The van der Waals surface area contributed by atoms with Crippen LogP contribution in [0.4, 0.5) is 18.0 Å². The highest BCUT2D eigenvalue weighted by atomic mass is 19.4. The molecule has 0 saturated heterocycles. The molecule has 0 unspecified atom stereocenters. The maximum absolute atomic E-state index is 12.6. The van der Waals surface area contributed by atoms with E-state index in [1.54, 1.807) is 13.1 Å². The average Bonchev–Trinajstić information content (AvgIpc) is 2.69. The van der Waals surface area contributed by atoms with Crippen LogP contribution in [0.5, 0.6) is 0 Å². The summed E-state index contributed by atoms with van der Waals surface area (Å²) in [5.74, 6) is 0. The molecular formula is C13H13F3N2O2. The summed E-state index contributed by atoms with van der Waals surface area (Å²) in [7, 11) is 0. The third-order valence-electron chi connectivity index (χ3n) is 2.99. The van der Waals surface area contributed by atoms with Gasteiger partial charge in [0.25, 0.3) is 0 Å². The maximum atomic E-state index is 12.6. The van der Waals surface area contributed by atoms with Gasteiger partial charge in [0.15, 0.2) is 0 Å². The number of benzene rings is 1. The molecule has 20 heavy (non-hydrogen) atoms. The van der Waals surface area contributed by atoms with Crippen molar-refractivity contribution in [1.82, 2.24) is 10.3 Å². The summed E-state index contributed by atoms with van der Waals surface area (Å²) in [5, 5.41) is 11.6. The molecule has 0 aliphatic rings. The predicted molar refractivity (Wildman–Crippen MR) is 67.6 cm³/mol. The molecule has 0 aliphatic heterocycles. The highest BCUT2D eigenvalue weighted by Crippen LogP contribution is 2.32. The zero-order valence-corrected chi connectivity index (χ0v) is 10.6. The Kier molecular flexibility index (Phi) is 3.61. The van der Waals surface area contributed by atoms with E-state index in [1.165, 1.54) is 6.07 Å². The van der Waals surface area contributed by atoms with Gasteiger partial charge in [0.1, 0.15) is 0 Å². The molecule has 3 N–H and O–H groups in total. The lowest BCUT2D eigenvalue weighted by molar-refractivity contribution is -0.137. The molecular weight excluding hydrogens is 273 g/mol. The Bertz CT molecular complexity index is 634. The highest BCUT2D eigenvalue weighted by Gasteiger charge is 2.30. The minimum Gasteiger partial charge on any atom is -0.465 e. The van der Waals surface area contributed by atoms with Gasteiger partial charge in [0.05, 0.1) is 5.56 Å². The number of alkyl halides is 3. The van der Waals surface area contributed by atoms with Crippen LogP contribution < -0.4 is 5.32 Å². The van der Waals surface area contributed by atoms with Crippen molar-refractivity contribution in [1.29, 1.82) is 0 Å². The van der Waals surface area contributed by atoms with E-state index in [9.17, 15) is 18.0 Å². The van der Waals surface area contributed by atoms with Gasteiger partial charge >= 0.3 is 12.3 Å². The summed E-state index contributed by atoms with van der Waals surface area (Å²) < 4.78 is 37.8. The maximum Gasteiger partial charge on any atom is 0.416 e. The van der Waals surface area contributed by atoms with Crippen LogP contribution in [0.15, 0.2) is 24.4 Å². The van der Waals surface area contributed by atoms with Gasteiger partial charge in [-0.3, -0.25) is 0 Å². The quantitative estimate of drug-likeness (QED) is 0.809. The van der Waals surface area contributed by atoms with E-state index >= 15 is 0 Å². The van der Waals surface area contributed by atoms with Gasteiger partial charge in [0, 0.05) is 23.1 Å². The van der Waals surface area contributed by atoms with E-state index in [2.05, 4.69) is 10.3 Å². The molecule has 2 aromatic rings. The number of hydrogen-bond acceptors (Lipinski definition) is 1. The van der Waals surface area contributed by atoms with Crippen molar-refractivity contribution in [3.8, 4) is 0 Å². The molecule has 2 rings (SSSR count). The van der Waals surface area contributed by atoms with Gasteiger partial charge < -0.3 is 15.4 Å². The lowest BCUT2D eigenvalue weighted by Gasteiger charge is -2.10. The lowest BCUT2D eigenvalue weighted by atomic mass is 10.0. The van der Waals surface area contributed by atoms with E-state index in [1.807, 2.05) is 0 Å². The number of nitrogens with one attached hydrogen (secondary N) is 2. The van der Waals surface area contributed by atoms with Crippen molar-refractivity contribution in [3.63, 3.8) is 0 Å². The van der Waals surface area contributed by atoms with Gasteiger partial charge in [-0.05, 0) is 31.0 Å². The normalized spacial score (nSPS) is 13.4. The number of fused-ring (bicyclic) bond motifs is 1. The molecule has 0 aliphatic carbocycles. The summed E-state index contributed by atoms with van der Waals surface area (Å²) in [4.78, 5) is 13.3. The molecule has 1 aromatic heterocycles. The van der Waals surface area contributed by atoms with Crippen molar-refractivity contribution >= 4 is 17.0 Å². The summed E-state index contributed by atoms with van der Waals surface area (Å²) >= 11 is 0. The Morgan fingerprint density at radius 3 is 2.75 bits per heavy atom. The number of aromatic amines is 1. The van der Waals surface area contributed by atoms with Crippen LogP contribution in [0.3, 0.4) is 0 Å². The van der Waals surface area contributed by atoms with Gasteiger partial charge in [0.2, 0.25) is 0 Å². The zero-order valence-electron chi connectivity index (χ0n) is 10.6. The molecule has 0 radical (unpaired) electrons. The highest BCUT2D eigenvalue weighted by molar-refractivity contribution is 5.84. The molecule has 4 nitrogen and oxygen atoms in total. The first-order chi connectivity index (χ1) is 9.27. The van der Waals surface area contributed by atoms with Gasteiger partial charge in [-0.2, -0.15) is 13.2 Å². The molecule has 0 saturated carbocycles. The number of aromatic nitrogens is 1. The molecule has 0 spiro atoms. The number of H-pyrrole nitrogens is 1. The van der Waals surface area contributed by atoms with E-state index in [-0.39, 0.29) is 6.04 Å². The van der Waals surface area contributed by atoms with Crippen molar-refractivity contribution < 1.29 is 23.1 Å². The van der Waals surface area contributed by atoms with Crippen LogP contribution >= 0.6 is 0 Å². The van der Waals surface area contributed by atoms with Crippen LogP contribution in [0.25, 0.3) is 10.9 Å². The van der Waals surface area contributed by atoms with E-state index in [4.69, 9.17) is 5.11 Å². The molecule has 0 fully saturated rings. The fraction of sp³-hybridized carbons (Fsp3) is 0.308. The standard InChI is InChI=1S/C13H13F3N2O2/c1-7(18-12(19)20)4-8-6-17-11-5-9(13(14,15)16)2-3-10(8)11/h2-3,5-7,17-18H,4H2,1H3,(H,19,20)/t7-/m1/s1. The Morgan fingerprint density at radius 2 is 2.15 bits per heavy atom. The minimum atomic E-state index is -4.38. The van der Waals surface area contributed by atoms with Crippen LogP contribution in [-0.4, -0.2) is 22.2 Å². The molecule has 7 heteroatoms. The van der Waals surface area contributed by atoms with Crippen LogP contribution in [0.1, 0.15) is 18.1 Å². The van der Waals surface area contributed by atoms with Gasteiger partial charge in [-0.15, -0.1) is 0 Å². The van der Waals surface area contributed by atoms with Crippen LogP contribution in [0.2, 0.25) is 0 Å².